The molecule has 3 aromatic rings. The molecule has 0 amide bonds. The molecular weight excluding hydrogens is 334 g/mol. The summed E-state index contributed by atoms with van der Waals surface area (Å²) in [4.78, 5) is 29.9. The van der Waals surface area contributed by atoms with E-state index in [1.165, 1.54) is 4.57 Å². The lowest BCUT2D eigenvalue weighted by Gasteiger charge is -2.26. The van der Waals surface area contributed by atoms with Crippen LogP contribution in [0.15, 0.2) is 38.3 Å². The fourth-order valence-electron chi connectivity index (χ4n) is 3.48. The molecular formula is C19H15N3O4. The smallest absolute Gasteiger partial charge is 0.343 e. The Balaban J connectivity index is 2.07. The third kappa shape index (κ3) is 2.15. The van der Waals surface area contributed by atoms with Gasteiger partial charge in [0.05, 0.1) is 22.6 Å². The number of benzene rings is 1. The van der Waals surface area contributed by atoms with Crippen molar-refractivity contribution in [2.75, 3.05) is 0 Å². The lowest BCUT2D eigenvalue weighted by Crippen LogP contribution is -2.32. The first-order valence-electron chi connectivity index (χ1n) is 8.28. The maximum Gasteiger partial charge on any atom is 0.343 e. The van der Waals surface area contributed by atoms with Gasteiger partial charge in [0, 0.05) is 5.92 Å². The maximum absolute atomic E-state index is 12.9. The molecule has 0 N–H and O–H groups in total. The van der Waals surface area contributed by atoms with E-state index >= 15 is 0 Å². The van der Waals surface area contributed by atoms with Crippen LogP contribution in [-0.4, -0.2) is 9.55 Å². The molecule has 0 spiro atoms. The molecule has 1 aliphatic rings. The molecule has 7 nitrogen and oxygen atoms in total. The molecule has 4 rings (SSSR count). The number of nitrogens with zero attached hydrogens (tertiary/aromatic N) is 3. The summed E-state index contributed by atoms with van der Waals surface area (Å²) in [5.74, 6) is 0.471. The number of rotatable bonds is 2. The first-order valence-corrected chi connectivity index (χ1v) is 8.28. The number of aromatic nitrogens is 2. The van der Waals surface area contributed by atoms with Crippen LogP contribution in [0.4, 0.5) is 0 Å². The van der Waals surface area contributed by atoms with Gasteiger partial charge >= 0.3 is 5.63 Å². The Kier molecular flexibility index (Phi) is 3.62. The van der Waals surface area contributed by atoms with Crippen molar-refractivity contribution in [2.24, 2.45) is 0 Å². The van der Waals surface area contributed by atoms with E-state index in [0.29, 0.717) is 40.1 Å². The van der Waals surface area contributed by atoms with Crippen LogP contribution in [0.5, 0.6) is 11.6 Å². The highest BCUT2D eigenvalue weighted by Crippen LogP contribution is 2.44. The Hall–Kier alpha value is -3.40. The van der Waals surface area contributed by atoms with Crippen LogP contribution in [0.25, 0.3) is 11.0 Å². The Morgan fingerprint density at radius 2 is 2.04 bits per heavy atom. The fourth-order valence-corrected chi connectivity index (χ4v) is 3.48. The van der Waals surface area contributed by atoms with Gasteiger partial charge in [-0.15, -0.1) is 0 Å². The van der Waals surface area contributed by atoms with Gasteiger partial charge in [-0.25, -0.2) is 4.79 Å². The summed E-state index contributed by atoms with van der Waals surface area (Å²) in [6.07, 6.45) is 0.499. The Morgan fingerprint density at radius 1 is 1.27 bits per heavy atom. The lowest BCUT2D eigenvalue weighted by molar-refractivity contribution is 0.404. The monoisotopic (exact) mass is 349 g/mol. The Bertz CT molecular complexity index is 1200. The molecule has 1 aliphatic heterocycles. The number of fused-ring (bicyclic) bond motifs is 4. The summed E-state index contributed by atoms with van der Waals surface area (Å²) in [5, 5.41) is 9.64. The SMILES string of the molecule is CC[C@@H]1c2c(c3ccccc3oc2=O)Oc2nc(C)n(CC#N)c(=O)c21. The second-order valence-electron chi connectivity index (χ2n) is 6.12. The number of nitriles is 1. The summed E-state index contributed by atoms with van der Waals surface area (Å²) in [5.41, 5.74) is 0.152. The van der Waals surface area contributed by atoms with Crippen LogP contribution in [-0.2, 0) is 6.54 Å². The molecule has 26 heavy (non-hydrogen) atoms. The van der Waals surface area contributed by atoms with Gasteiger partial charge in [-0.1, -0.05) is 19.1 Å². The molecule has 1 aromatic carbocycles. The summed E-state index contributed by atoms with van der Waals surface area (Å²) in [6.45, 7) is 3.42. The number of hydrogen-bond donors (Lipinski definition) is 0. The molecule has 2 aromatic heterocycles. The van der Waals surface area contributed by atoms with Crippen molar-refractivity contribution in [1.29, 1.82) is 5.26 Å². The second kappa shape index (κ2) is 5.85. The van der Waals surface area contributed by atoms with Crippen molar-refractivity contribution >= 4 is 11.0 Å². The van der Waals surface area contributed by atoms with Gasteiger partial charge in [-0.3, -0.25) is 9.36 Å². The van der Waals surface area contributed by atoms with Crippen molar-refractivity contribution in [1.82, 2.24) is 9.55 Å². The van der Waals surface area contributed by atoms with E-state index < -0.39 is 11.5 Å². The maximum atomic E-state index is 12.9. The van der Waals surface area contributed by atoms with E-state index in [2.05, 4.69) is 4.98 Å². The highest BCUT2D eigenvalue weighted by Gasteiger charge is 2.35. The summed E-state index contributed by atoms with van der Waals surface area (Å²) in [7, 11) is 0. The van der Waals surface area contributed by atoms with Crippen molar-refractivity contribution in [2.45, 2.75) is 32.7 Å². The molecule has 0 radical (unpaired) electrons. The van der Waals surface area contributed by atoms with Crippen LogP contribution in [0.2, 0.25) is 0 Å². The topological polar surface area (TPSA) is 98.1 Å². The first-order chi connectivity index (χ1) is 12.6. The number of hydrogen-bond acceptors (Lipinski definition) is 6. The number of aryl methyl sites for hydroxylation is 1. The van der Waals surface area contributed by atoms with Gasteiger partial charge in [0.2, 0.25) is 5.88 Å². The third-order valence-corrected chi connectivity index (χ3v) is 4.69. The van der Waals surface area contributed by atoms with Gasteiger partial charge in [0.15, 0.2) is 5.75 Å². The van der Waals surface area contributed by atoms with Crippen LogP contribution in [0.3, 0.4) is 0 Å². The van der Waals surface area contributed by atoms with Gasteiger partial charge in [-0.05, 0) is 25.5 Å². The minimum atomic E-state index is -0.525. The van der Waals surface area contributed by atoms with E-state index in [0.717, 1.165) is 0 Å². The highest BCUT2D eigenvalue weighted by atomic mass is 16.5. The standard InChI is InChI=1S/C19H15N3O4/c1-3-11-14-16(12-6-4-5-7-13(12)25-19(14)24)26-17-15(11)18(23)22(9-8-20)10(2)21-17/h4-7,11H,3,9H2,1-2H3/t11-/m1/s1. The van der Waals surface area contributed by atoms with E-state index in [4.69, 9.17) is 14.4 Å². The first kappa shape index (κ1) is 16.1. The van der Waals surface area contributed by atoms with Crippen molar-refractivity contribution in [3.63, 3.8) is 0 Å². The predicted octanol–water partition coefficient (Wildman–Crippen LogP) is 2.83. The van der Waals surface area contributed by atoms with E-state index in [1.54, 1.807) is 25.1 Å². The highest BCUT2D eigenvalue weighted by molar-refractivity contribution is 5.85. The van der Waals surface area contributed by atoms with Crippen LogP contribution in [0.1, 0.15) is 36.2 Å². The zero-order valence-electron chi connectivity index (χ0n) is 14.3. The number of ether oxygens (including phenoxy) is 1. The molecule has 130 valence electrons. The van der Waals surface area contributed by atoms with Crippen LogP contribution < -0.4 is 15.9 Å². The summed E-state index contributed by atoms with van der Waals surface area (Å²) < 4.78 is 12.7. The average molecular weight is 349 g/mol. The largest absolute Gasteiger partial charge is 0.437 e. The molecule has 3 heterocycles. The van der Waals surface area contributed by atoms with Gasteiger partial charge in [0.1, 0.15) is 18.0 Å². The minimum absolute atomic E-state index is 0.111. The average Bonchev–Trinajstić information content (AvgIpc) is 2.63. The minimum Gasteiger partial charge on any atom is -0.437 e. The quantitative estimate of drug-likeness (QED) is 0.660. The predicted molar refractivity (Wildman–Crippen MR) is 93.5 cm³/mol. The third-order valence-electron chi connectivity index (χ3n) is 4.69. The second-order valence-corrected chi connectivity index (χ2v) is 6.12. The van der Waals surface area contributed by atoms with Crippen molar-refractivity contribution in [3.05, 3.63) is 62.0 Å². The molecule has 0 aliphatic carbocycles. The van der Waals surface area contributed by atoms with Gasteiger partial charge < -0.3 is 9.15 Å². The van der Waals surface area contributed by atoms with Crippen molar-refractivity contribution in [3.8, 4) is 17.7 Å². The van der Waals surface area contributed by atoms with Crippen LogP contribution in [0, 0.1) is 18.3 Å². The van der Waals surface area contributed by atoms with E-state index in [9.17, 15) is 9.59 Å². The fraction of sp³-hybridized carbons (Fsp3) is 0.263. The summed E-state index contributed by atoms with van der Waals surface area (Å²) >= 11 is 0. The molecule has 7 heteroatoms. The molecule has 0 fully saturated rings. The molecule has 0 saturated heterocycles. The zero-order chi connectivity index (χ0) is 18.4. The molecule has 0 unspecified atom stereocenters. The van der Waals surface area contributed by atoms with Crippen molar-refractivity contribution < 1.29 is 9.15 Å². The Labute approximate surface area is 148 Å². The normalized spacial score (nSPS) is 15.0. The lowest BCUT2D eigenvalue weighted by atomic mass is 9.88. The van der Waals surface area contributed by atoms with E-state index in [1.807, 2.05) is 19.1 Å². The molecule has 0 saturated carbocycles. The molecule has 0 bridgehead atoms. The van der Waals surface area contributed by atoms with Gasteiger partial charge in [0.25, 0.3) is 5.56 Å². The van der Waals surface area contributed by atoms with E-state index in [-0.39, 0.29) is 18.0 Å². The zero-order valence-corrected chi connectivity index (χ0v) is 14.3. The molecule has 1 atom stereocenters. The Morgan fingerprint density at radius 3 is 2.77 bits per heavy atom. The van der Waals surface area contributed by atoms with Crippen LogP contribution >= 0.6 is 0 Å². The summed E-state index contributed by atoms with van der Waals surface area (Å²) in [6, 6.07) is 9.06. The van der Waals surface area contributed by atoms with Gasteiger partial charge in [-0.2, -0.15) is 10.2 Å². The number of para-hydroxylation sites is 1.